The standard InChI is InChI=1S/C23H23ClN4O2/c1-14-21(30-22(26-14)17-6-4-5-7-19(17)24)12-18(20-13-28(2)23(25)27-20)15-8-10-16(29-3)11-9-15/h4-11,13,18H,12H2,1-3H3,(H2,25,27). The first kappa shape index (κ1) is 20.0. The molecule has 0 aliphatic carbocycles. The van der Waals surface area contributed by atoms with Crippen LogP contribution in [-0.4, -0.2) is 21.6 Å². The Balaban J connectivity index is 1.72. The Morgan fingerprint density at radius 1 is 1.13 bits per heavy atom. The minimum atomic E-state index is -0.0508. The van der Waals surface area contributed by atoms with Crippen LogP contribution in [0.2, 0.25) is 5.02 Å². The number of ether oxygens (including phenoxy) is 1. The Morgan fingerprint density at radius 2 is 1.87 bits per heavy atom. The fourth-order valence-corrected chi connectivity index (χ4v) is 3.67. The van der Waals surface area contributed by atoms with E-state index in [2.05, 4.69) is 9.97 Å². The van der Waals surface area contributed by atoms with Gasteiger partial charge in [0.15, 0.2) is 5.95 Å². The van der Waals surface area contributed by atoms with Crippen molar-refractivity contribution in [2.24, 2.45) is 7.05 Å². The molecule has 6 nitrogen and oxygen atoms in total. The number of oxazole rings is 1. The number of nitrogens with zero attached hydrogens (tertiary/aromatic N) is 3. The molecule has 1 unspecified atom stereocenters. The average molecular weight is 423 g/mol. The fraction of sp³-hybridized carbons (Fsp3) is 0.217. The van der Waals surface area contributed by atoms with Crippen LogP contribution in [0.1, 0.15) is 28.6 Å². The van der Waals surface area contributed by atoms with Gasteiger partial charge in [0, 0.05) is 25.6 Å². The number of halogens is 1. The predicted molar refractivity (Wildman–Crippen MR) is 118 cm³/mol. The highest BCUT2D eigenvalue weighted by Crippen LogP contribution is 2.34. The largest absolute Gasteiger partial charge is 0.497 e. The molecule has 0 aliphatic heterocycles. The van der Waals surface area contributed by atoms with Crippen molar-refractivity contribution < 1.29 is 9.15 Å². The summed E-state index contributed by atoms with van der Waals surface area (Å²) in [7, 11) is 3.53. The first-order chi connectivity index (χ1) is 14.5. The van der Waals surface area contributed by atoms with Gasteiger partial charge in [-0.15, -0.1) is 0 Å². The van der Waals surface area contributed by atoms with Gasteiger partial charge in [-0.3, -0.25) is 0 Å². The summed E-state index contributed by atoms with van der Waals surface area (Å²) < 4.78 is 13.3. The summed E-state index contributed by atoms with van der Waals surface area (Å²) in [4.78, 5) is 9.17. The quantitative estimate of drug-likeness (QED) is 0.473. The lowest BCUT2D eigenvalue weighted by atomic mass is 9.91. The molecule has 0 saturated carbocycles. The Kier molecular flexibility index (Phi) is 5.50. The Bertz CT molecular complexity index is 1140. The van der Waals surface area contributed by atoms with Gasteiger partial charge >= 0.3 is 0 Å². The molecular formula is C23H23ClN4O2. The smallest absolute Gasteiger partial charge is 0.228 e. The molecule has 4 aromatic rings. The molecule has 0 spiro atoms. The van der Waals surface area contributed by atoms with Crippen LogP contribution in [0.25, 0.3) is 11.5 Å². The highest BCUT2D eigenvalue weighted by atomic mass is 35.5. The highest BCUT2D eigenvalue weighted by molar-refractivity contribution is 6.33. The van der Waals surface area contributed by atoms with Gasteiger partial charge in [0.2, 0.25) is 5.89 Å². The van der Waals surface area contributed by atoms with Crippen LogP contribution in [0.3, 0.4) is 0 Å². The Hall–Kier alpha value is -3.25. The van der Waals surface area contributed by atoms with Gasteiger partial charge in [0.25, 0.3) is 0 Å². The van der Waals surface area contributed by atoms with E-state index in [-0.39, 0.29) is 5.92 Å². The molecule has 154 valence electrons. The molecule has 0 radical (unpaired) electrons. The monoisotopic (exact) mass is 422 g/mol. The van der Waals surface area contributed by atoms with Crippen LogP contribution in [-0.2, 0) is 13.5 Å². The van der Waals surface area contributed by atoms with Gasteiger partial charge in [-0.05, 0) is 36.8 Å². The molecule has 2 N–H and O–H groups in total. The second kappa shape index (κ2) is 8.24. The van der Waals surface area contributed by atoms with E-state index in [0.29, 0.717) is 23.3 Å². The van der Waals surface area contributed by atoms with Gasteiger partial charge in [-0.2, -0.15) is 0 Å². The van der Waals surface area contributed by atoms with Crippen molar-refractivity contribution in [2.75, 3.05) is 12.8 Å². The van der Waals surface area contributed by atoms with Crippen molar-refractivity contribution in [1.82, 2.24) is 14.5 Å². The number of rotatable bonds is 6. The summed E-state index contributed by atoms with van der Waals surface area (Å²) in [6.07, 6.45) is 2.54. The zero-order chi connectivity index (χ0) is 21.3. The molecule has 7 heteroatoms. The number of hydrogen-bond acceptors (Lipinski definition) is 5. The molecule has 2 aromatic carbocycles. The van der Waals surface area contributed by atoms with E-state index in [1.165, 1.54) is 0 Å². The molecule has 0 aliphatic rings. The molecule has 0 amide bonds. The lowest BCUT2D eigenvalue weighted by Gasteiger charge is -2.15. The number of imidazole rings is 1. The summed E-state index contributed by atoms with van der Waals surface area (Å²) in [5.41, 5.74) is 9.56. The third-order valence-electron chi connectivity index (χ3n) is 5.19. The molecule has 1 atom stereocenters. The van der Waals surface area contributed by atoms with E-state index < -0.39 is 0 Å². The van der Waals surface area contributed by atoms with Gasteiger partial charge in [-0.1, -0.05) is 35.9 Å². The first-order valence-electron chi connectivity index (χ1n) is 9.60. The summed E-state index contributed by atoms with van der Waals surface area (Å²) in [6.45, 7) is 1.94. The molecule has 30 heavy (non-hydrogen) atoms. The van der Waals surface area contributed by atoms with Gasteiger partial charge < -0.3 is 19.5 Å². The number of nitrogens with two attached hydrogens (primary N) is 1. The van der Waals surface area contributed by atoms with E-state index in [0.717, 1.165) is 34.0 Å². The fourth-order valence-electron chi connectivity index (χ4n) is 3.45. The zero-order valence-corrected chi connectivity index (χ0v) is 17.8. The number of methoxy groups -OCH3 is 1. The van der Waals surface area contributed by atoms with Crippen LogP contribution >= 0.6 is 11.6 Å². The number of aryl methyl sites for hydroxylation is 2. The van der Waals surface area contributed by atoms with Crippen LogP contribution in [0.4, 0.5) is 5.95 Å². The molecule has 2 heterocycles. The van der Waals surface area contributed by atoms with Gasteiger partial charge in [0.05, 0.1) is 29.1 Å². The Morgan fingerprint density at radius 3 is 2.50 bits per heavy atom. The molecule has 4 rings (SSSR count). The summed E-state index contributed by atoms with van der Waals surface area (Å²) in [5, 5.41) is 0.606. The Labute approximate surface area is 180 Å². The molecule has 2 aromatic heterocycles. The molecule has 0 bridgehead atoms. The van der Waals surface area contributed by atoms with E-state index in [9.17, 15) is 0 Å². The summed E-state index contributed by atoms with van der Waals surface area (Å²) >= 11 is 6.33. The maximum absolute atomic E-state index is 6.33. The van der Waals surface area contributed by atoms with Crippen LogP contribution in [0, 0.1) is 6.92 Å². The lowest BCUT2D eigenvalue weighted by molar-refractivity contribution is 0.414. The van der Waals surface area contributed by atoms with Crippen molar-refractivity contribution in [3.63, 3.8) is 0 Å². The topological polar surface area (TPSA) is 79.1 Å². The predicted octanol–water partition coefficient (Wildman–Crippen LogP) is 5.00. The van der Waals surface area contributed by atoms with Crippen molar-refractivity contribution in [2.45, 2.75) is 19.3 Å². The maximum atomic E-state index is 6.33. The summed E-state index contributed by atoms with van der Waals surface area (Å²) in [6, 6.07) is 15.5. The van der Waals surface area contributed by atoms with Crippen molar-refractivity contribution in [3.05, 3.63) is 82.5 Å². The zero-order valence-electron chi connectivity index (χ0n) is 17.1. The van der Waals surface area contributed by atoms with Crippen LogP contribution < -0.4 is 10.5 Å². The molecular weight excluding hydrogens is 400 g/mol. The number of hydrogen-bond donors (Lipinski definition) is 1. The first-order valence-corrected chi connectivity index (χ1v) is 9.98. The van der Waals surface area contributed by atoms with Crippen LogP contribution in [0.5, 0.6) is 5.75 Å². The number of aromatic nitrogens is 3. The normalized spacial score (nSPS) is 12.1. The number of nitrogen functional groups attached to an aromatic ring is 1. The van der Waals surface area contributed by atoms with Crippen LogP contribution in [0.15, 0.2) is 59.1 Å². The SMILES string of the molecule is COc1ccc(C(Cc2oc(-c3ccccc3Cl)nc2C)c2cn(C)c(N)n2)cc1. The van der Waals surface area contributed by atoms with E-state index in [4.69, 9.17) is 26.5 Å². The second-order valence-corrected chi connectivity index (χ2v) is 7.58. The lowest BCUT2D eigenvalue weighted by Crippen LogP contribution is -2.06. The molecule has 0 fully saturated rings. The minimum Gasteiger partial charge on any atom is -0.497 e. The van der Waals surface area contributed by atoms with E-state index >= 15 is 0 Å². The minimum absolute atomic E-state index is 0.0508. The van der Waals surface area contributed by atoms with E-state index in [1.807, 2.05) is 73.3 Å². The van der Waals surface area contributed by atoms with Crippen molar-refractivity contribution in [3.8, 4) is 17.2 Å². The highest BCUT2D eigenvalue weighted by Gasteiger charge is 2.23. The third-order valence-corrected chi connectivity index (χ3v) is 5.52. The number of benzene rings is 2. The van der Waals surface area contributed by atoms with Crippen molar-refractivity contribution in [1.29, 1.82) is 0 Å². The van der Waals surface area contributed by atoms with Gasteiger partial charge in [0.1, 0.15) is 11.5 Å². The van der Waals surface area contributed by atoms with Crippen molar-refractivity contribution >= 4 is 17.5 Å². The third kappa shape index (κ3) is 3.91. The summed E-state index contributed by atoms with van der Waals surface area (Å²) in [5.74, 6) is 2.52. The maximum Gasteiger partial charge on any atom is 0.228 e. The average Bonchev–Trinajstić information content (AvgIpc) is 3.28. The van der Waals surface area contributed by atoms with Gasteiger partial charge in [-0.25, -0.2) is 9.97 Å². The number of anilines is 1. The molecule has 0 saturated heterocycles. The second-order valence-electron chi connectivity index (χ2n) is 7.17. The van der Waals surface area contributed by atoms with E-state index in [1.54, 1.807) is 7.11 Å².